The number of hydrogen-bond donors (Lipinski definition) is 3. The number of phenolic OH excluding ortho intramolecular Hbond substituents is 1. The Morgan fingerprint density at radius 2 is 2.29 bits per heavy atom. The number of aliphatic carboxylic acids is 1. The van der Waals surface area contributed by atoms with E-state index < -0.39 is 16.9 Å². The maximum atomic E-state index is 11.1. The summed E-state index contributed by atoms with van der Waals surface area (Å²) in [7, 11) is 0. The van der Waals surface area contributed by atoms with Crippen LogP contribution in [0.3, 0.4) is 0 Å². The van der Waals surface area contributed by atoms with Crippen molar-refractivity contribution in [3.05, 3.63) is 40.1 Å². The summed E-state index contributed by atoms with van der Waals surface area (Å²) in [4.78, 5) is 25.2. The molecule has 1 atom stereocenters. The van der Waals surface area contributed by atoms with Crippen molar-refractivity contribution in [2.45, 2.75) is 19.5 Å². The van der Waals surface area contributed by atoms with Crippen molar-refractivity contribution in [1.82, 2.24) is 10.3 Å². The molecule has 110 valence electrons. The van der Waals surface area contributed by atoms with Crippen LogP contribution in [0.15, 0.2) is 24.4 Å². The average molecular weight is 291 g/mol. The number of pyridine rings is 1. The molecule has 1 heterocycles. The number of carbonyl (C=O) groups is 1. The first kappa shape index (κ1) is 14.7. The van der Waals surface area contributed by atoms with Gasteiger partial charge in [-0.15, -0.1) is 0 Å². The molecule has 0 aliphatic heterocycles. The summed E-state index contributed by atoms with van der Waals surface area (Å²) in [5, 5.41) is 32.9. The molecule has 0 aliphatic rings. The second-order valence-electron chi connectivity index (χ2n) is 4.50. The first-order chi connectivity index (χ1) is 9.91. The minimum Gasteiger partial charge on any atom is -0.505 e. The van der Waals surface area contributed by atoms with E-state index in [1.807, 2.05) is 0 Å². The smallest absolute Gasteiger partial charge is 0.320 e. The van der Waals surface area contributed by atoms with Crippen LogP contribution >= 0.6 is 0 Å². The summed E-state index contributed by atoms with van der Waals surface area (Å²) in [6.45, 7) is 1.42. The normalized spacial score (nSPS) is 12.2. The monoisotopic (exact) mass is 291 g/mol. The van der Waals surface area contributed by atoms with Crippen LogP contribution < -0.4 is 5.32 Å². The van der Waals surface area contributed by atoms with Gasteiger partial charge < -0.3 is 15.5 Å². The van der Waals surface area contributed by atoms with E-state index in [0.29, 0.717) is 0 Å². The Labute approximate surface area is 119 Å². The largest absolute Gasteiger partial charge is 0.505 e. The number of benzene rings is 1. The van der Waals surface area contributed by atoms with Crippen molar-refractivity contribution < 1.29 is 19.9 Å². The Bertz CT molecular complexity index is 716. The lowest BCUT2D eigenvalue weighted by Gasteiger charge is -2.11. The summed E-state index contributed by atoms with van der Waals surface area (Å²) in [6, 6.07) is 3.42. The lowest BCUT2D eigenvalue weighted by atomic mass is 10.1. The highest BCUT2D eigenvalue weighted by Gasteiger charge is 2.20. The molecule has 1 aromatic heterocycles. The highest BCUT2D eigenvalue weighted by molar-refractivity contribution is 5.93. The number of nitrogens with zero attached hydrogens (tertiary/aromatic N) is 2. The van der Waals surface area contributed by atoms with E-state index in [1.165, 1.54) is 25.3 Å². The third-order valence-corrected chi connectivity index (χ3v) is 3.09. The fraction of sp³-hybridized carbons (Fsp3) is 0.231. The number of carboxylic acids is 1. The van der Waals surface area contributed by atoms with Crippen molar-refractivity contribution in [3.8, 4) is 5.75 Å². The number of carboxylic acid groups (broad SMARTS) is 1. The van der Waals surface area contributed by atoms with Crippen LogP contribution in [0.5, 0.6) is 5.75 Å². The third-order valence-electron chi connectivity index (χ3n) is 3.09. The van der Waals surface area contributed by atoms with Crippen molar-refractivity contribution in [2.24, 2.45) is 0 Å². The Morgan fingerprint density at radius 3 is 2.90 bits per heavy atom. The van der Waals surface area contributed by atoms with Gasteiger partial charge >= 0.3 is 5.97 Å². The number of nitrogens with one attached hydrogen (secondary N) is 1. The number of nitro groups is 1. The lowest BCUT2D eigenvalue weighted by Crippen LogP contribution is -2.33. The number of hydrogen-bond acceptors (Lipinski definition) is 6. The van der Waals surface area contributed by atoms with E-state index in [9.17, 15) is 20.0 Å². The zero-order valence-corrected chi connectivity index (χ0v) is 11.1. The van der Waals surface area contributed by atoms with Crippen LogP contribution in [0, 0.1) is 10.1 Å². The molecule has 2 rings (SSSR count). The van der Waals surface area contributed by atoms with Gasteiger partial charge in [-0.25, -0.2) is 0 Å². The molecule has 2 aromatic rings. The van der Waals surface area contributed by atoms with Gasteiger partial charge in [-0.1, -0.05) is 0 Å². The van der Waals surface area contributed by atoms with Crippen molar-refractivity contribution in [2.75, 3.05) is 0 Å². The van der Waals surface area contributed by atoms with Gasteiger partial charge in [0.25, 0.3) is 5.69 Å². The molecule has 21 heavy (non-hydrogen) atoms. The van der Waals surface area contributed by atoms with Gasteiger partial charge in [0.15, 0.2) is 0 Å². The summed E-state index contributed by atoms with van der Waals surface area (Å²) in [5.74, 6) is -1.25. The summed E-state index contributed by atoms with van der Waals surface area (Å²) >= 11 is 0. The predicted molar refractivity (Wildman–Crippen MR) is 74.0 cm³/mol. The average Bonchev–Trinajstić information content (AvgIpc) is 2.46. The molecule has 0 saturated carbocycles. The number of phenols is 1. The van der Waals surface area contributed by atoms with Gasteiger partial charge in [0.05, 0.1) is 10.3 Å². The van der Waals surface area contributed by atoms with E-state index >= 15 is 0 Å². The number of rotatable bonds is 5. The second-order valence-corrected chi connectivity index (χ2v) is 4.50. The third kappa shape index (κ3) is 2.90. The van der Waals surface area contributed by atoms with Gasteiger partial charge in [-0.05, 0) is 19.1 Å². The molecule has 0 spiro atoms. The van der Waals surface area contributed by atoms with Crippen LogP contribution in [0.25, 0.3) is 10.9 Å². The van der Waals surface area contributed by atoms with E-state index in [4.69, 9.17) is 5.11 Å². The predicted octanol–water partition coefficient (Wildman–Crippen LogP) is 1.41. The lowest BCUT2D eigenvalue weighted by molar-refractivity contribution is -0.383. The van der Waals surface area contributed by atoms with Crippen LogP contribution in [-0.2, 0) is 11.3 Å². The quantitative estimate of drug-likeness (QED) is 0.561. The number of fused-ring (bicyclic) bond motifs is 1. The molecule has 0 aliphatic carbocycles. The highest BCUT2D eigenvalue weighted by atomic mass is 16.6. The Hall–Kier alpha value is -2.74. The van der Waals surface area contributed by atoms with Crippen molar-refractivity contribution in [1.29, 1.82) is 0 Å². The zero-order chi connectivity index (χ0) is 15.6. The van der Waals surface area contributed by atoms with Crippen LogP contribution in [-0.4, -0.2) is 32.1 Å². The Kier molecular flexibility index (Phi) is 3.99. The van der Waals surface area contributed by atoms with Gasteiger partial charge in [0.1, 0.15) is 17.3 Å². The fourth-order valence-corrected chi connectivity index (χ4v) is 1.90. The molecule has 3 N–H and O–H groups in total. The number of nitro benzene ring substituents is 1. The molecule has 0 radical (unpaired) electrons. The number of aromatic hydroxyl groups is 1. The van der Waals surface area contributed by atoms with Gasteiger partial charge in [-0.2, -0.15) is 0 Å². The molecule has 0 amide bonds. The molecule has 0 fully saturated rings. The minimum atomic E-state index is -1.05. The molecule has 0 saturated heterocycles. The van der Waals surface area contributed by atoms with Gasteiger partial charge in [0.2, 0.25) is 0 Å². The zero-order valence-electron chi connectivity index (χ0n) is 11.1. The standard InChI is InChI=1S/C13H13N3O5/c1-7(13(18)19)15-6-8-5-10(16(20)21)9-3-2-4-14-11(9)12(8)17/h2-5,7,15,17H,6H2,1H3,(H,18,19)/t7-/m0/s1. The molecule has 0 unspecified atom stereocenters. The molecular formula is C13H13N3O5. The molecule has 1 aromatic carbocycles. The van der Waals surface area contributed by atoms with Crippen molar-refractivity contribution in [3.63, 3.8) is 0 Å². The Morgan fingerprint density at radius 1 is 1.57 bits per heavy atom. The summed E-state index contributed by atoms with van der Waals surface area (Å²) in [6.07, 6.45) is 1.42. The number of aromatic nitrogens is 1. The van der Waals surface area contributed by atoms with E-state index in [-0.39, 0.29) is 34.4 Å². The number of non-ortho nitro benzene ring substituents is 1. The second kappa shape index (κ2) is 5.71. The SMILES string of the molecule is C[C@H](NCc1cc([N+](=O)[O-])c2cccnc2c1O)C(=O)O. The summed E-state index contributed by atoms with van der Waals surface area (Å²) < 4.78 is 0. The van der Waals surface area contributed by atoms with E-state index in [1.54, 1.807) is 6.07 Å². The maximum absolute atomic E-state index is 11.1. The maximum Gasteiger partial charge on any atom is 0.320 e. The first-order valence-corrected chi connectivity index (χ1v) is 6.12. The van der Waals surface area contributed by atoms with Gasteiger partial charge in [0, 0.05) is 24.4 Å². The first-order valence-electron chi connectivity index (χ1n) is 6.12. The minimum absolute atomic E-state index is 0.0212. The van der Waals surface area contributed by atoms with Crippen LogP contribution in [0.2, 0.25) is 0 Å². The topological polar surface area (TPSA) is 126 Å². The van der Waals surface area contributed by atoms with Gasteiger partial charge in [-0.3, -0.25) is 19.9 Å². The molecule has 8 nitrogen and oxygen atoms in total. The molecular weight excluding hydrogens is 278 g/mol. The van der Waals surface area contributed by atoms with Crippen LogP contribution in [0.4, 0.5) is 5.69 Å². The van der Waals surface area contributed by atoms with Crippen LogP contribution in [0.1, 0.15) is 12.5 Å². The van der Waals surface area contributed by atoms with Crippen molar-refractivity contribution >= 4 is 22.6 Å². The summed E-state index contributed by atoms with van der Waals surface area (Å²) in [5.41, 5.74) is 0.156. The van der Waals surface area contributed by atoms with E-state index in [0.717, 1.165) is 0 Å². The highest BCUT2D eigenvalue weighted by Crippen LogP contribution is 2.34. The fourth-order valence-electron chi connectivity index (χ4n) is 1.90. The Balaban J connectivity index is 2.47. The van der Waals surface area contributed by atoms with E-state index in [2.05, 4.69) is 10.3 Å². The molecule has 0 bridgehead atoms. The molecule has 8 heteroatoms.